The number of pyridine rings is 1. The minimum Gasteiger partial charge on any atom is -1.00 e. The summed E-state index contributed by atoms with van der Waals surface area (Å²) in [4.78, 5) is 13.7. The number of carbonyl (C=O) groups is 1. The Morgan fingerprint density at radius 2 is 1.89 bits per heavy atom. The summed E-state index contributed by atoms with van der Waals surface area (Å²) in [5.74, 6) is 0.274. The first-order valence-corrected chi connectivity index (χ1v) is 9.37. The molecule has 1 aromatic heterocycles. The van der Waals surface area contributed by atoms with Gasteiger partial charge in [-0.1, -0.05) is 19.1 Å². The number of amides is 1. The Bertz CT molecular complexity index is 712. The maximum absolute atomic E-state index is 11.8. The van der Waals surface area contributed by atoms with E-state index in [1.165, 1.54) is 16.5 Å². The molecule has 0 radical (unpaired) electrons. The molecule has 2 fully saturated rings. The van der Waals surface area contributed by atoms with Crippen molar-refractivity contribution in [3.8, 4) is 0 Å². The highest BCUT2D eigenvalue weighted by Crippen LogP contribution is 2.16. The number of nitrogens with two attached hydrogens (primary N) is 1. The monoisotopic (exact) mass is 413 g/mol. The first-order valence-electron chi connectivity index (χ1n) is 9.37. The number of likely N-dealkylation sites (tertiary alicyclic amines) is 1. The molecule has 2 N–H and O–H groups in total. The van der Waals surface area contributed by atoms with Gasteiger partial charge in [0.2, 0.25) is 18.1 Å². The predicted molar refractivity (Wildman–Crippen MR) is 96.9 cm³/mol. The van der Waals surface area contributed by atoms with E-state index >= 15 is 0 Å². The van der Waals surface area contributed by atoms with Gasteiger partial charge in [0.25, 0.3) is 0 Å². The third-order valence-electron chi connectivity index (χ3n) is 4.82. The van der Waals surface area contributed by atoms with Crippen LogP contribution in [-0.4, -0.2) is 43.7 Å². The molecule has 5 nitrogen and oxygen atoms in total. The van der Waals surface area contributed by atoms with Gasteiger partial charge in [0.15, 0.2) is 6.20 Å². The Morgan fingerprint density at radius 1 is 1.15 bits per heavy atom. The number of carbonyl (C=O) groups excluding carboxylic acids is 1. The van der Waals surface area contributed by atoms with Crippen molar-refractivity contribution in [1.29, 1.82) is 0 Å². The molecule has 1 aromatic carbocycles. The number of nitrogens with zero attached hydrogens (tertiary/aromatic N) is 2. The normalized spacial score (nSPS) is 16.2. The first-order chi connectivity index (χ1) is 12.3. The molecule has 0 unspecified atom stereocenters. The standard InChI is InChI=1S/C16H19N2O.C4H9NO.2ClH/c1-2-13-9-11-17(12-18-10-5-8-16(18)19)15-7-4-3-6-14(13)15;1-3-6-4-2-5-1;;/h3-4,6-7,9,11H,2,5,8,10,12H2,1H3;5H,1-4H2;2*1H/q+1;;;/p-1. The van der Waals surface area contributed by atoms with Crippen molar-refractivity contribution < 1.29 is 44.2 Å². The van der Waals surface area contributed by atoms with Crippen molar-refractivity contribution in [3.05, 3.63) is 42.1 Å². The second-order valence-electron chi connectivity index (χ2n) is 6.56. The lowest BCUT2D eigenvalue weighted by Gasteiger charge is -2.13. The van der Waals surface area contributed by atoms with Crippen LogP contribution in [0.1, 0.15) is 25.3 Å². The van der Waals surface area contributed by atoms with Crippen LogP contribution in [0.25, 0.3) is 10.9 Å². The number of fused-ring (bicyclic) bond motifs is 1. The molecule has 0 aliphatic carbocycles. The van der Waals surface area contributed by atoms with Crippen LogP contribution < -0.4 is 34.7 Å². The molecule has 7 heteroatoms. The summed E-state index contributed by atoms with van der Waals surface area (Å²) in [6.45, 7) is 7.93. The smallest absolute Gasteiger partial charge is 0.227 e. The van der Waals surface area contributed by atoms with Crippen molar-refractivity contribution in [3.63, 3.8) is 0 Å². The Morgan fingerprint density at radius 3 is 2.44 bits per heavy atom. The number of ether oxygens (including phenoxy) is 1. The lowest BCUT2D eigenvalue weighted by Crippen LogP contribution is -3.00. The molecule has 0 atom stereocenters. The molecule has 27 heavy (non-hydrogen) atoms. The summed E-state index contributed by atoms with van der Waals surface area (Å²) >= 11 is 0. The molecule has 0 spiro atoms. The van der Waals surface area contributed by atoms with E-state index in [-0.39, 0.29) is 30.7 Å². The van der Waals surface area contributed by atoms with Crippen LogP contribution in [0.15, 0.2) is 36.5 Å². The van der Waals surface area contributed by atoms with Crippen LogP contribution in [0, 0.1) is 0 Å². The van der Waals surface area contributed by atoms with E-state index in [0.29, 0.717) is 13.1 Å². The fourth-order valence-electron chi connectivity index (χ4n) is 3.39. The van der Waals surface area contributed by atoms with Crippen molar-refractivity contribution in [1.82, 2.24) is 4.90 Å². The van der Waals surface area contributed by atoms with Gasteiger partial charge in [-0.05, 0) is 24.5 Å². The molecule has 150 valence electrons. The lowest BCUT2D eigenvalue weighted by molar-refractivity contribution is -0.687. The average Bonchev–Trinajstić information content (AvgIpc) is 3.09. The van der Waals surface area contributed by atoms with Crippen molar-refractivity contribution in [2.24, 2.45) is 0 Å². The van der Waals surface area contributed by atoms with Crippen molar-refractivity contribution >= 4 is 16.8 Å². The molecular weight excluding hydrogens is 385 g/mol. The van der Waals surface area contributed by atoms with Gasteiger partial charge in [-0.3, -0.25) is 9.69 Å². The zero-order chi connectivity index (χ0) is 17.5. The van der Waals surface area contributed by atoms with E-state index in [0.717, 1.165) is 45.7 Å². The number of aromatic nitrogens is 1. The van der Waals surface area contributed by atoms with E-state index in [9.17, 15) is 4.79 Å². The molecular formula is C20H29Cl2N3O2. The Hall–Kier alpha value is -1.40. The van der Waals surface area contributed by atoms with Gasteiger partial charge in [-0.25, -0.2) is 0 Å². The zero-order valence-corrected chi connectivity index (χ0v) is 17.4. The highest BCUT2D eigenvalue weighted by Gasteiger charge is 2.24. The molecule has 2 aliphatic heterocycles. The Labute approximate surface area is 173 Å². The van der Waals surface area contributed by atoms with E-state index in [1.807, 2.05) is 4.90 Å². The maximum Gasteiger partial charge on any atom is 0.227 e. The number of morpholine rings is 1. The van der Waals surface area contributed by atoms with E-state index in [1.54, 1.807) is 0 Å². The number of quaternary nitrogens is 1. The van der Waals surface area contributed by atoms with Gasteiger partial charge in [0.05, 0.1) is 26.3 Å². The first kappa shape index (κ1) is 23.6. The van der Waals surface area contributed by atoms with Crippen molar-refractivity contribution in [2.75, 3.05) is 32.8 Å². The van der Waals surface area contributed by atoms with Crippen LogP contribution in [-0.2, 0) is 22.6 Å². The number of aryl methyl sites for hydroxylation is 1. The molecule has 2 aromatic rings. The summed E-state index contributed by atoms with van der Waals surface area (Å²) in [6.07, 6.45) is 4.83. The number of para-hydroxylation sites is 1. The highest BCUT2D eigenvalue weighted by atomic mass is 35.5. The number of benzene rings is 1. The summed E-state index contributed by atoms with van der Waals surface area (Å²) in [7, 11) is 0. The van der Waals surface area contributed by atoms with Crippen molar-refractivity contribution in [2.45, 2.75) is 32.9 Å². The summed E-state index contributed by atoms with van der Waals surface area (Å²) in [5.41, 5.74) is 2.57. The molecule has 0 bridgehead atoms. The zero-order valence-electron chi connectivity index (χ0n) is 15.9. The third kappa shape index (κ3) is 6.32. The van der Waals surface area contributed by atoms with E-state index in [4.69, 9.17) is 4.74 Å². The quantitative estimate of drug-likeness (QED) is 0.511. The molecule has 4 rings (SSSR count). The third-order valence-corrected chi connectivity index (χ3v) is 4.82. The fraction of sp³-hybridized carbons (Fsp3) is 0.500. The van der Waals surface area contributed by atoms with Gasteiger partial charge in [-0.15, -0.1) is 0 Å². The van der Waals surface area contributed by atoms with Gasteiger partial charge in [0.1, 0.15) is 0 Å². The fourth-order valence-corrected chi connectivity index (χ4v) is 3.39. The minimum absolute atomic E-state index is 0. The summed E-state index contributed by atoms with van der Waals surface area (Å²) in [5, 5.41) is 3.56. The Balaban J connectivity index is 0.000000393. The van der Waals surface area contributed by atoms with E-state index in [2.05, 4.69) is 53.3 Å². The number of rotatable bonds is 3. The van der Waals surface area contributed by atoms with Crippen LogP contribution in [0.3, 0.4) is 0 Å². The number of hydrogen-bond acceptors (Lipinski definition) is 2. The van der Waals surface area contributed by atoms with Crippen LogP contribution in [0.2, 0.25) is 0 Å². The molecule has 3 heterocycles. The van der Waals surface area contributed by atoms with Gasteiger partial charge in [-0.2, -0.15) is 4.57 Å². The highest BCUT2D eigenvalue weighted by molar-refractivity contribution is 5.79. The number of hydrogen-bond donors (Lipinski definition) is 1. The molecule has 2 aliphatic rings. The SMILES string of the molecule is C1COCC[NH2+]1.CCc1cc[n+](CN2CCCC2=O)c2ccccc12.[Cl-].[Cl-]. The van der Waals surface area contributed by atoms with Gasteiger partial charge < -0.3 is 34.9 Å². The topological polar surface area (TPSA) is 50.0 Å². The van der Waals surface area contributed by atoms with Gasteiger partial charge >= 0.3 is 0 Å². The minimum atomic E-state index is 0. The van der Waals surface area contributed by atoms with Gasteiger partial charge in [0, 0.05) is 30.5 Å². The molecule has 2 saturated heterocycles. The van der Waals surface area contributed by atoms with Crippen LogP contribution in [0.5, 0.6) is 0 Å². The Kier molecular flexibility index (Phi) is 10.6. The molecule has 0 saturated carbocycles. The summed E-state index contributed by atoms with van der Waals surface area (Å²) in [6, 6.07) is 10.6. The average molecular weight is 414 g/mol. The summed E-state index contributed by atoms with van der Waals surface area (Å²) < 4.78 is 7.22. The number of halogens is 2. The van der Waals surface area contributed by atoms with E-state index < -0.39 is 0 Å². The van der Waals surface area contributed by atoms with Crippen LogP contribution in [0.4, 0.5) is 0 Å². The second kappa shape index (κ2) is 12.1. The largest absolute Gasteiger partial charge is 1.00 e. The maximum atomic E-state index is 11.8. The lowest BCUT2D eigenvalue weighted by atomic mass is 10.1. The predicted octanol–water partition coefficient (Wildman–Crippen LogP) is -5.14. The van der Waals surface area contributed by atoms with Crippen LogP contribution >= 0.6 is 0 Å². The molecule has 1 amide bonds. The second-order valence-corrected chi connectivity index (χ2v) is 6.56.